The van der Waals surface area contributed by atoms with Crippen molar-refractivity contribution in [3.63, 3.8) is 0 Å². The van der Waals surface area contributed by atoms with E-state index >= 15 is 0 Å². The molecular weight excluding hydrogens is 418 g/mol. The fourth-order valence-electron chi connectivity index (χ4n) is 2.92. The number of Topliss-reactive ketones (excluding diaryl/α,β-unsaturated/α-hetero) is 1. The summed E-state index contributed by atoms with van der Waals surface area (Å²) in [6.07, 6.45) is 0. The van der Waals surface area contributed by atoms with Crippen LogP contribution in [0.15, 0.2) is 48.5 Å². The van der Waals surface area contributed by atoms with E-state index in [0.717, 1.165) is 5.56 Å². The number of hydrogen-bond acceptors (Lipinski definition) is 6. The molecule has 31 heavy (non-hydrogen) atoms. The molecule has 0 radical (unpaired) electrons. The minimum Gasteiger partial charge on any atom is -0.461 e. The molecule has 0 amide bonds. The fourth-order valence-corrected chi connectivity index (χ4v) is 2.92. The van der Waals surface area contributed by atoms with Crippen molar-refractivity contribution in [1.82, 2.24) is 4.90 Å². The van der Waals surface area contributed by atoms with Crippen molar-refractivity contribution in [2.75, 3.05) is 6.54 Å². The van der Waals surface area contributed by atoms with Gasteiger partial charge in [-0.05, 0) is 38.5 Å². The Bertz CT molecular complexity index is 906. The van der Waals surface area contributed by atoms with Crippen molar-refractivity contribution in [2.24, 2.45) is 0 Å². The highest BCUT2D eigenvalue weighted by atomic mass is 35.5. The van der Waals surface area contributed by atoms with Crippen LogP contribution in [0.4, 0.5) is 0 Å². The third kappa shape index (κ3) is 8.52. The summed E-state index contributed by atoms with van der Waals surface area (Å²) in [6, 6.07) is 14.6. The number of carbonyl (C=O) groups excluding carboxylic acids is 3. The monoisotopic (exact) mass is 447 g/mol. The summed E-state index contributed by atoms with van der Waals surface area (Å²) in [5.41, 5.74) is 1.94. The number of halogens is 1. The lowest BCUT2D eigenvalue weighted by Crippen LogP contribution is -2.43. The van der Waals surface area contributed by atoms with E-state index in [2.05, 4.69) is 25.7 Å². The first kappa shape index (κ1) is 26.3. The lowest BCUT2D eigenvalue weighted by molar-refractivity contribution is -0.142. The standard InChI is InChI=1S/C24H29NO5.ClH/c1-17(26)29-16-21-13-19(11-12-23(21)30-18(2)27)14-25(24(3,4)5)15-22(28)20-9-7-6-8-10-20;/h6-13H,14-16H2,1-5H3;1H. The molecule has 6 nitrogen and oxygen atoms in total. The average Bonchev–Trinajstić information content (AvgIpc) is 2.66. The zero-order chi connectivity index (χ0) is 22.3. The van der Waals surface area contributed by atoms with Crippen molar-refractivity contribution in [3.8, 4) is 5.75 Å². The van der Waals surface area contributed by atoms with Crippen molar-refractivity contribution in [1.29, 1.82) is 0 Å². The number of nitrogens with zero attached hydrogens (tertiary/aromatic N) is 1. The number of ether oxygens (including phenoxy) is 2. The van der Waals surface area contributed by atoms with Crippen molar-refractivity contribution < 1.29 is 23.9 Å². The minimum atomic E-state index is -0.448. The number of carbonyl (C=O) groups is 3. The van der Waals surface area contributed by atoms with Gasteiger partial charge < -0.3 is 9.47 Å². The van der Waals surface area contributed by atoms with Crippen LogP contribution in [0.5, 0.6) is 5.75 Å². The van der Waals surface area contributed by atoms with Gasteiger partial charge in [-0.2, -0.15) is 0 Å². The van der Waals surface area contributed by atoms with Crippen LogP contribution in [0.2, 0.25) is 0 Å². The summed E-state index contributed by atoms with van der Waals surface area (Å²) in [5.74, 6) is -0.465. The predicted molar refractivity (Wildman–Crippen MR) is 121 cm³/mol. The quantitative estimate of drug-likeness (QED) is 0.335. The van der Waals surface area contributed by atoms with Gasteiger partial charge in [-0.3, -0.25) is 19.3 Å². The van der Waals surface area contributed by atoms with Crippen LogP contribution in [-0.4, -0.2) is 34.7 Å². The van der Waals surface area contributed by atoms with Gasteiger partial charge in [0.25, 0.3) is 0 Å². The maximum atomic E-state index is 12.8. The van der Waals surface area contributed by atoms with E-state index in [9.17, 15) is 14.4 Å². The molecule has 0 spiro atoms. The van der Waals surface area contributed by atoms with E-state index in [1.165, 1.54) is 13.8 Å². The third-order valence-corrected chi connectivity index (χ3v) is 4.56. The maximum Gasteiger partial charge on any atom is 0.308 e. The smallest absolute Gasteiger partial charge is 0.308 e. The zero-order valence-corrected chi connectivity index (χ0v) is 19.5. The molecule has 168 valence electrons. The van der Waals surface area contributed by atoms with Gasteiger partial charge in [-0.25, -0.2) is 0 Å². The van der Waals surface area contributed by atoms with E-state index < -0.39 is 11.9 Å². The second-order valence-corrected chi connectivity index (χ2v) is 8.13. The van der Waals surface area contributed by atoms with Gasteiger partial charge in [-0.1, -0.05) is 36.4 Å². The van der Waals surface area contributed by atoms with Crippen LogP contribution in [0.25, 0.3) is 0 Å². The molecule has 2 aromatic rings. The molecule has 0 N–H and O–H groups in total. The molecule has 0 fully saturated rings. The molecule has 0 saturated heterocycles. The summed E-state index contributed by atoms with van der Waals surface area (Å²) in [7, 11) is 0. The normalized spacial score (nSPS) is 10.9. The SMILES string of the molecule is CC(=O)OCc1cc(CN(CC(=O)c2ccccc2)C(C)(C)C)ccc1OC(C)=O.Cl. The van der Waals surface area contributed by atoms with Gasteiger partial charge >= 0.3 is 11.9 Å². The molecule has 0 aliphatic rings. The van der Waals surface area contributed by atoms with Gasteiger partial charge in [0.1, 0.15) is 12.4 Å². The molecule has 0 aliphatic heterocycles. The topological polar surface area (TPSA) is 72.9 Å². The van der Waals surface area contributed by atoms with Gasteiger partial charge in [0, 0.05) is 37.1 Å². The molecule has 0 saturated carbocycles. The zero-order valence-electron chi connectivity index (χ0n) is 18.6. The van der Waals surface area contributed by atoms with E-state index in [1.54, 1.807) is 6.07 Å². The Morgan fingerprint density at radius 3 is 2.13 bits per heavy atom. The second kappa shape index (κ2) is 11.6. The molecule has 0 aromatic heterocycles. The predicted octanol–water partition coefficient (Wildman–Crippen LogP) is 4.58. The number of hydrogen-bond donors (Lipinski definition) is 0. The van der Waals surface area contributed by atoms with Crippen LogP contribution in [0.1, 0.15) is 56.1 Å². The van der Waals surface area contributed by atoms with Gasteiger partial charge in [-0.15, -0.1) is 12.4 Å². The lowest BCUT2D eigenvalue weighted by Gasteiger charge is -2.35. The molecule has 0 atom stereocenters. The number of ketones is 1. The Kier molecular flexibility index (Phi) is 9.88. The Hall–Kier alpha value is -2.70. The summed E-state index contributed by atoms with van der Waals surface area (Å²) in [4.78, 5) is 37.4. The third-order valence-electron chi connectivity index (χ3n) is 4.56. The largest absolute Gasteiger partial charge is 0.461 e. The van der Waals surface area contributed by atoms with Crippen molar-refractivity contribution in [3.05, 3.63) is 65.2 Å². The molecule has 2 rings (SSSR count). The summed E-state index contributed by atoms with van der Waals surface area (Å²) in [5, 5.41) is 0. The molecule has 0 unspecified atom stereocenters. The Balaban J connectivity index is 0.00000480. The van der Waals surface area contributed by atoms with Crippen molar-refractivity contribution in [2.45, 2.75) is 53.3 Å². The van der Waals surface area contributed by atoms with Crippen LogP contribution in [0, 0.1) is 0 Å². The van der Waals surface area contributed by atoms with Crippen LogP contribution < -0.4 is 4.74 Å². The van der Waals surface area contributed by atoms with Crippen molar-refractivity contribution >= 4 is 30.1 Å². The Labute approximate surface area is 189 Å². The van der Waals surface area contributed by atoms with Gasteiger partial charge in [0.05, 0.1) is 6.54 Å². The molecule has 0 bridgehead atoms. The first-order valence-electron chi connectivity index (χ1n) is 9.83. The van der Waals surface area contributed by atoms with Crippen LogP contribution in [-0.2, 0) is 27.5 Å². The highest BCUT2D eigenvalue weighted by Crippen LogP contribution is 2.25. The van der Waals surface area contributed by atoms with E-state index in [-0.39, 0.29) is 36.9 Å². The molecular formula is C24H30ClNO5. The van der Waals surface area contributed by atoms with E-state index in [4.69, 9.17) is 9.47 Å². The van der Waals surface area contributed by atoms with E-state index in [1.807, 2.05) is 42.5 Å². The summed E-state index contributed by atoms with van der Waals surface area (Å²) < 4.78 is 10.3. The molecule has 7 heteroatoms. The average molecular weight is 448 g/mol. The first-order valence-corrected chi connectivity index (χ1v) is 9.83. The Morgan fingerprint density at radius 1 is 0.935 bits per heavy atom. The van der Waals surface area contributed by atoms with E-state index in [0.29, 0.717) is 23.4 Å². The summed E-state index contributed by atoms with van der Waals surface area (Å²) in [6.45, 7) is 9.58. The second-order valence-electron chi connectivity index (χ2n) is 8.13. The van der Waals surface area contributed by atoms with Gasteiger partial charge in [0.15, 0.2) is 5.78 Å². The number of benzene rings is 2. The fraction of sp³-hybridized carbons (Fsp3) is 0.375. The van der Waals surface area contributed by atoms with Crippen LogP contribution >= 0.6 is 12.4 Å². The Morgan fingerprint density at radius 2 is 1.58 bits per heavy atom. The maximum absolute atomic E-state index is 12.8. The summed E-state index contributed by atoms with van der Waals surface area (Å²) >= 11 is 0. The first-order chi connectivity index (χ1) is 14.1. The van der Waals surface area contributed by atoms with Crippen LogP contribution in [0.3, 0.4) is 0 Å². The number of esters is 2. The number of rotatable bonds is 8. The lowest BCUT2D eigenvalue weighted by atomic mass is 10.0. The molecule has 0 heterocycles. The molecule has 2 aromatic carbocycles. The molecule has 0 aliphatic carbocycles. The highest BCUT2D eigenvalue weighted by molar-refractivity contribution is 5.97. The highest BCUT2D eigenvalue weighted by Gasteiger charge is 2.25. The van der Waals surface area contributed by atoms with Gasteiger partial charge in [0.2, 0.25) is 0 Å². The minimum absolute atomic E-state index is 0.